The Morgan fingerprint density at radius 3 is 2.56 bits per heavy atom. The number of hydrogen-bond donors (Lipinski definition) is 1. The molecule has 0 saturated carbocycles. The Morgan fingerprint density at radius 2 is 1.85 bits per heavy atom. The van der Waals surface area contributed by atoms with Crippen LogP contribution in [0, 0.1) is 0 Å². The van der Waals surface area contributed by atoms with E-state index in [9.17, 15) is 9.59 Å². The molecule has 0 radical (unpaired) electrons. The maximum Gasteiger partial charge on any atom is 0.329 e. The minimum absolute atomic E-state index is 0.0761. The number of amides is 3. The van der Waals surface area contributed by atoms with E-state index in [-0.39, 0.29) is 12.2 Å². The summed E-state index contributed by atoms with van der Waals surface area (Å²) in [6, 6.07) is 9.51. The third-order valence-electron chi connectivity index (χ3n) is 3.86. The van der Waals surface area contributed by atoms with Crippen molar-refractivity contribution in [3.8, 4) is 5.75 Å². The highest BCUT2D eigenvalue weighted by molar-refractivity contribution is 6.42. The molecular weight excluding hydrogens is 411 g/mol. The van der Waals surface area contributed by atoms with Crippen molar-refractivity contribution >= 4 is 52.8 Å². The van der Waals surface area contributed by atoms with Crippen LogP contribution >= 0.6 is 34.8 Å². The maximum atomic E-state index is 12.7. The van der Waals surface area contributed by atoms with Crippen LogP contribution in [0.2, 0.25) is 15.1 Å². The number of rotatable bonds is 5. The van der Waals surface area contributed by atoms with Crippen LogP contribution in [-0.4, -0.2) is 23.4 Å². The molecule has 3 amide bonds. The predicted octanol–water partition coefficient (Wildman–Crippen LogP) is 5.14. The molecule has 1 heterocycles. The molecule has 0 spiro atoms. The van der Waals surface area contributed by atoms with Crippen LogP contribution < -0.4 is 10.1 Å². The van der Waals surface area contributed by atoms with Gasteiger partial charge in [0.25, 0.3) is 5.91 Å². The van der Waals surface area contributed by atoms with Gasteiger partial charge >= 0.3 is 6.03 Å². The van der Waals surface area contributed by atoms with Crippen LogP contribution in [0.4, 0.5) is 4.79 Å². The summed E-state index contributed by atoms with van der Waals surface area (Å²) in [4.78, 5) is 26.0. The maximum absolute atomic E-state index is 12.7. The first-order valence-electron chi connectivity index (χ1n) is 8.10. The van der Waals surface area contributed by atoms with E-state index in [4.69, 9.17) is 39.5 Å². The third-order valence-corrected chi connectivity index (χ3v) is 4.83. The second-order valence-electron chi connectivity index (χ2n) is 5.74. The number of urea groups is 1. The number of ether oxygens (including phenoxy) is 1. The molecular formula is C19H15Cl3N2O3. The van der Waals surface area contributed by atoms with Gasteiger partial charge in [-0.2, -0.15) is 0 Å². The van der Waals surface area contributed by atoms with Crippen molar-refractivity contribution in [2.75, 3.05) is 6.61 Å². The fraction of sp³-hybridized carbons (Fsp3) is 0.158. The SMILES string of the molecule is CCOc1ccc(Cl)cc1/C=C1\NC(=O)N(Cc2ccc(Cl)c(Cl)c2)C1=O. The zero-order valence-electron chi connectivity index (χ0n) is 14.3. The van der Waals surface area contributed by atoms with Crippen molar-refractivity contribution in [2.45, 2.75) is 13.5 Å². The number of nitrogens with zero attached hydrogens (tertiary/aromatic N) is 1. The molecule has 27 heavy (non-hydrogen) atoms. The molecule has 1 aliphatic rings. The van der Waals surface area contributed by atoms with Crippen molar-refractivity contribution in [1.82, 2.24) is 10.2 Å². The van der Waals surface area contributed by atoms with E-state index in [1.807, 2.05) is 6.92 Å². The topological polar surface area (TPSA) is 58.6 Å². The van der Waals surface area contributed by atoms with Crippen LogP contribution in [0.3, 0.4) is 0 Å². The van der Waals surface area contributed by atoms with Gasteiger partial charge in [-0.05, 0) is 48.9 Å². The number of carbonyl (C=O) groups is 2. The Kier molecular flexibility index (Phi) is 5.95. The van der Waals surface area contributed by atoms with E-state index in [0.717, 1.165) is 4.90 Å². The highest BCUT2D eigenvalue weighted by Crippen LogP contribution is 2.27. The number of hydrogen-bond acceptors (Lipinski definition) is 3. The summed E-state index contributed by atoms with van der Waals surface area (Å²) >= 11 is 17.9. The van der Waals surface area contributed by atoms with Crippen molar-refractivity contribution in [3.05, 3.63) is 68.3 Å². The average Bonchev–Trinajstić information content (AvgIpc) is 2.88. The molecule has 2 aromatic carbocycles. The van der Waals surface area contributed by atoms with Gasteiger partial charge < -0.3 is 10.1 Å². The third kappa shape index (κ3) is 4.38. The summed E-state index contributed by atoms with van der Waals surface area (Å²) < 4.78 is 5.54. The van der Waals surface area contributed by atoms with Gasteiger partial charge in [-0.3, -0.25) is 9.69 Å². The molecule has 0 atom stereocenters. The summed E-state index contributed by atoms with van der Waals surface area (Å²) in [5.41, 5.74) is 1.43. The highest BCUT2D eigenvalue weighted by Gasteiger charge is 2.33. The van der Waals surface area contributed by atoms with Gasteiger partial charge in [0.15, 0.2) is 0 Å². The molecule has 0 bridgehead atoms. The lowest BCUT2D eigenvalue weighted by Crippen LogP contribution is -2.30. The number of benzene rings is 2. The van der Waals surface area contributed by atoms with Crippen LogP contribution in [-0.2, 0) is 11.3 Å². The summed E-state index contributed by atoms with van der Waals surface area (Å²) in [7, 11) is 0. The van der Waals surface area contributed by atoms with Gasteiger partial charge in [-0.1, -0.05) is 40.9 Å². The van der Waals surface area contributed by atoms with Gasteiger partial charge in [0, 0.05) is 10.6 Å². The molecule has 5 nitrogen and oxygen atoms in total. The van der Waals surface area contributed by atoms with Crippen molar-refractivity contribution in [2.24, 2.45) is 0 Å². The molecule has 0 aliphatic carbocycles. The molecule has 2 aromatic rings. The molecule has 1 saturated heterocycles. The molecule has 1 fully saturated rings. The van der Waals surface area contributed by atoms with E-state index in [0.29, 0.717) is 38.6 Å². The highest BCUT2D eigenvalue weighted by atomic mass is 35.5. The normalized spacial score (nSPS) is 15.4. The zero-order chi connectivity index (χ0) is 19.6. The number of nitrogens with one attached hydrogen (secondary N) is 1. The minimum Gasteiger partial charge on any atom is -0.493 e. The Bertz CT molecular complexity index is 944. The lowest BCUT2D eigenvalue weighted by Gasteiger charge is -2.12. The molecule has 0 unspecified atom stereocenters. The molecule has 8 heteroatoms. The molecule has 1 N–H and O–H groups in total. The summed E-state index contributed by atoms with van der Waals surface area (Å²) in [5.74, 6) is 0.118. The largest absolute Gasteiger partial charge is 0.493 e. The monoisotopic (exact) mass is 424 g/mol. The van der Waals surface area contributed by atoms with E-state index >= 15 is 0 Å². The van der Waals surface area contributed by atoms with Gasteiger partial charge in [0.05, 0.1) is 23.2 Å². The van der Waals surface area contributed by atoms with Crippen LogP contribution in [0.1, 0.15) is 18.1 Å². The summed E-state index contributed by atoms with van der Waals surface area (Å²) in [6.07, 6.45) is 1.55. The zero-order valence-corrected chi connectivity index (χ0v) is 16.5. The second-order valence-corrected chi connectivity index (χ2v) is 6.99. The summed E-state index contributed by atoms with van der Waals surface area (Å²) in [5, 5.41) is 3.84. The fourth-order valence-electron chi connectivity index (χ4n) is 2.61. The van der Waals surface area contributed by atoms with Crippen LogP contribution in [0.25, 0.3) is 6.08 Å². The van der Waals surface area contributed by atoms with E-state index in [2.05, 4.69) is 5.32 Å². The lowest BCUT2D eigenvalue weighted by atomic mass is 10.1. The molecule has 1 aliphatic heterocycles. The van der Waals surface area contributed by atoms with E-state index in [1.165, 1.54) is 0 Å². The fourth-order valence-corrected chi connectivity index (χ4v) is 3.11. The molecule has 0 aromatic heterocycles. The van der Waals surface area contributed by atoms with E-state index in [1.54, 1.807) is 42.5 Å². The number of carbonyl (C=O) groups excluding carboxylic acids is 2. The van der Waals surface area contributed by atoms with Gasteiger partial charge in [0.2, 0.25) is 0 Å². The van der Waals surface area contributed by atoms with Gasteiger partial charge in [-0.25, -0.2) is 4.79 Å². The molecule has 140 valence electrons. The van der Waals surface area contributed by atoms with Crippen LogP contribution in [0.15, 0.2) is 42.1 Å². The standard InChI is InChI=1S/C19H15Cl3N2O3/c1-2-27-17-6-4-13(20)8-12(17)9-16-18(25)24(19(26)23-16)10-11-3-5-14(21)15(22)7-11/h3-9H,2,10H2,1H3,(H,23,26)/b16-9-. The second kappa shape index (κ2) is 8.21. The van der Waals surface area contributed by atoms with Gasteiger partial charge in [0.1, 0.15) is 11.4 Å². The van der Waals surface area contributed by atoms with Crippen LogP contribution in [0.5, 0.6) is 5.75 Å². The number of halogens is 3. The lowest BCUT2D eigenvalue weighted by molar-refractivity contribution is -0.123. The quantitative estimate of drug-likeness (QED) is 0.533. The molecule has 3 rings (SSSR count). The minimum atomic E-state index is -0.516. The first-order valence-corrected chi connectivity index (χ1v) is 9.23. The van der Waals surface area contributed by atoms with Crippen molar-refractivity contribution in [3.63, 3.8) is 0 Å². The van der Waals surface area contributed by atoms with Crippen molar-refractivity contribution in [1.29, 1.82) is 0 Å². The van der Waals surface area contributed by atoms with E-state index < -0.39 is 11.9 Å². The van der Waals surface area contributed by atoms with Gasteiger partial charge in [-0.15, -0.1) is 0 Å². The average molecular weight is 426 g/mol. The summed E-state index contributed by atoms with van der Waals surface area (Å²) in [6.45, 7) is 2.39. The smallest absolute Gasteiger partial charge is 0.329 e. The Hall–Kier alpha value is -2.21. The first kappa shape index (κ1) is 19.5. The first-order chi connectivity index (χ1) is 12.9. The predicted molar refractivity (Wildman–Crippen MR) is 106 cm³/mol. The Balaban J connectivity index is 1.86. The van der Waals surface area contributed by atoms with Crippen molar-refractivity contribution < 1.29 is 14.3 Å². The number of imide groups is 1. The Labute approximate surface area is 171 Å². The Morgan fingerprint density at radius 1 is 1.07 bits per heavy atom.